The number of hydrogen-bond donors (Lipinski definition) is 2. The molecule has 0 amide bonds. The van der Waals surface area contributed by atoms with E-state index in [1.54, 1.807) is 12.1 Å². The Bertz CT molecular complexity index is 835. The fourth-order valence-electron chi connectivity index (χ4n) is 2.95. The lowest BCUT2D eigenvalue weighted by Gasteiger charge is -2.14. The molecule has 1 aliphatic carbocycles. The van der Waals surface area contributed by atoms with Gasteiger partial charge in [0.1, 0.15) is 18.1 Å². The molecule has 1 aromatic heterocycles. The molecule has 1 aromatic carbocycles. The summed E-state index contributed by atoms with van der Waals surface area (Å²) in [5, 5.41) is 6.38. The van der Waals surface area contributed by atoms with E-state index in [0.29, 0.717) is 30.4 Å². The monoisotopic (exact) mass is 524 g/mol. The van der Waals surface area contributed by atoms with Gasteiger partial charge in [-0.05, 0) is 38.8 Å². The molecule has 0 radical (unpaired) electrons. The molecule has 3 rings (SSSR count). The Morgan fingerprint density at radius 2 is 2.03 bits per heavy atom. The number of nitrogens with zero attached hydrogens (tertiary/aromatic N) is 2. The van der Waals surface area contributed by atoms with Gasteiger partial charge >= 0.3 is 6.36 Å². The van der Waals surface area contributed by atoms with Gasteiger partial charge in [-0.1, -0.05) is 18.2 Å². The highest BCUT2D eigenvalue weighted by Gasteiger charge is 2.42. The highest BCUT2D eigenvalue weighted by Crippen LogP contribution is 2.45. The molecule has 1 saturated carbocycles. The summed E-state index contributed by atoms with van der Waals surface area (Å²) in [5.74, 6) is 1.61. The number of guanidine groups is 1. The number of ether oxygens (including phenoxy) is 1. The zero-order valence-electron chi connectivity index (χ0n) is 16.3. The maximum Gasteiger partial charge on any atom is 0.573 e. The predicted molar refractivity (Wildman–Crippen MR) is 114 cm³/mol. The first-order chi connectivity index (χ1) is 13.3. The van der Waals surface area contributed by atoms with Crippen molar-refractivity contribution in [3.05, 3.63) is 47.2 Å². The van der Waals surface area contributed by atoms with Gasteiger partial charge in [-0.2, -0.15) is 0 Å². The van der Waals surface area contributed by atoms with Crippen LogP contribution < -0.4 is 15.4 Å². The van der Waals surface area contributed by atoms with Crippen LogP contribution in [0.5, 0.6) is 5.75 Å². The molecule has 0 bridgehead atoms. The van der Waals surface area contributed by atoms with E-state index >= 15 is 0 Å². The number of para-hydroxylation sites is 1. The topological polar surface area (TPSA) is 71.7 Å². The van der Waals surface area contributed by atoms with Gasteiger partial charge in [0.15, 0.2) is 5.96 Å². The van der Waals surface area contributed by atoms with Crippen molar-refractivity contribution >= 4 is 29.9 Å². The maximum atomic E-state index is 12.6. The molecule has 2 N–H and O–H groups in total. The Kier molecular flexibility index (Phi) is 7.78. The van der Waals surface area contributed by atoms with Gasteiger partial charge in [-0.15, -0.1) is 37.1 Å². The maximum absolute atomic E-state index is 12.6. The van der Waals surface area contributed by atoms with Crippen molar-refractivity contribution in [3.63, 3.8) is 0 Å². The summed E-state index contributed by atoms with van der Waals surface area (Å²) in [6.07, 6.45) is -4.02. The minimum atomic E-state index is -4.71. The van der Waals surface area contributed by atoms with Gasteiger partial charge in [0.05, 0.1) is 5.69 Å². The predicted octanol–water partition coefficient (Wildman–Crippen LogP) is 4.42. The summed E-state index contributed by atoms with van der Waals surface area (Å²) in [6, 6.07) is 6.21. The van der Waals surface area contributed by atoms with Gasteiger partial charge < -0.3 is 19.8 Å². The summed E-state index contributed by atoms with van der Waals surface area (Å²) in [4.78, 5) is 8.75. The van der Waals surface area contributed by atoms with E-state index in [2.05, 4.69) is 25.3 Å². The molecule has 1 heterocycles. The Labute approximate surface area is 184 Å². The van der Waals surface area contributed by atoms with Crippen molar-refractivity contribution < 1.29 is 22.3 Å². The fraction of sp³-hybridized carbons (Fsp3) is 0.474. The van der Waals surface area contributed by atoms with E-state index in [1.807, 2.05) is 20.8 Å². The van der Waals surface area contributed by atoms with Crippen molar-refractivity contribution in [1.29, 1.82) is 0 Å². The number of oxazole rings is 1. The number of rotatable bonds is 6. The largest absolute Gasteiger partial charge is 0.573 e. The number of aryl methyl sites for hydroxylation is 2. The molecule has 0 saturated heterocycles. The molecule has 0 aliphatic heterocycles. The molecule has 6 nitrogen and oxygen atoms in total. The third kappa shape index (κ3) is 6.51. The van der Waals surface area contributed by atoms with Crippen LogP contribution in [0.1, 0.15) is 42.2 Å². The van der Waals surface area contributed by atoms with Crippen LogP contribution in [-0.2, 0) is 6.54 Å². The van der Waals surface area contributed by atoms with Crippen LogP contribution in [0.15, 0.2) is 33.7 Å². The first-order valence-corrected chi connectivity index (χ1v) is 9.09. The van der Waals surface area contributed by atoms with Crippen molar-refractivity contribution in [2.75, 3.05) is 6.54 Å². The fourth-order valence-corrected chi connectivity index (χ4v) is 2.95. The lowest BCUT2D eigenvalue weighted by molar-refractivity contribution is -0.274. The zero-order valence-corrected chi connectivity index (χ0v) is 18.7. The molecule has 2 unspecified atom stereocenters. The quantitative estimate of drug-likeness (QED) is 0.333. The molecule has 160 valence electrons. The van der Waals surface area contributed by atoms with Crippen LogP contribution >= 0.6 is 24.0 Å². The van der Waals surface area contributed by atoms with Crippen LogP contribution in [0.4, 0.5) is 13.2 Å². The van der Waals surface area contributed by atoms with Crippen LogP contribution in [0.2, 0.25) is 0 Å². The summed E-state index contributed by atoms with van der Waals surface area (Å²) >= 11 is 0. The molecule has 1 aliphatic rings. The minimum absolute atomic E-state index is 0. The van der Waals surface area contributed by atoms with Gasteiger partial charge in [0, 0.05) is 18.5 Å². The Morgan fingerprint density at radius 3 is 2.66 bits per heavy atom. The first kappa shape index (κ1) is 23.3. The standard InChI is InChI=1S/C19H23F3N4O2.HI/c1-4-23-18(24-10-17-25-11(2)12(3)27-17)26-15-9-14(15)13-7-5-6-8-16(13)28-19(20,21)22;/h5-8,14-15H,4,9-10H2,1-3H3,(H2,23,24,26);1H. The van der Waals surface area contributed by atoms with Gasteiger partial charge in [-0.3, -0.25) is 0 Å². The molecule has 10 heteroatoms. The smallest absolute Gasteiger partial charge is 0.444 e. The second-order valence-electron chi connectivity index (χ2n) is 6.62. The summed E-state index contributed by atoms with van der Waals surface area (Å²) in [7, 11) is 0. The molecule has 0 spiro atoms. The van der Waals surface area contributed by atoms with Crippen molar-refractivity contribution in [2.24, 2.45) is 4.99 Å². The summed E-state index contributed by atoms with van der Waals surface area (Å²) < 4.78 is 47.5. The lowest BCUT2D eigenvalue weighted by Crippen LogP contribution is -2.39. The van der Waals surface area contributed by atoms with E-state index < -0.39 is 6.36 Å². The van der Waals surface area contributed by atoms with E-state index in [-0.39, 0.29) is 48.2 Å². The average Bonchev–Trinajstić information content (AvgIpc) is 3.29. The van der Waals surface area contributed by atoms with E-state index in [4.69, 9.17) is 4.42 Å². The molecular formula is C19H24F3IN4O2. The number of nitrogens with one attached hydrogen (secondary N) is 2. The lowest BCUT2D eigenvalue weighted by atomic mass is 10.1. The normalized spacial score (nSPS) is 18.8. The number of benzene rings is 1. The SMILES string of the molecule is CCNC(=NCc1nc(C)c(C)o1)NC1CC1c1ccccc1OC(F)(F)F.I. The highest BCUT2D eigenvalue weighted by molar-refractivity contribution is 14.0. The van der Waals surface area contributed by atoms with Crippen LogP contribution in [0.3, 0.4) is 0 Å². The summed E-state index contributed by atoms with van der Waals surface area (Å²) in [5.41, 5.74) is 1.36. The molecular weight excluding hydrogens is 500 g/mol. The number of alkyl halides is 3. The third-order valence-electron chi connectivity index (χ3n) is 4.45. The van der Waals surface area contributed by atoms with E-state index in [9.17, 15) is 13.2 Å². The van der Waals surface area contributed by atoms with Crippen LogP contribution in [-0.4, -0.2) is 29.9 Å². The molecule has 29 heavy (non-hydrogen) atoms. The van der Waals surface area contributed by atoms with Crippen LogP contribution in [0, 0.1) is 13.8 Å². The highest BCUT2D eigenvalue weighted by atomic mass is 127. The van der Waals surface area contributed by atoms with Gasteiger partial charge in [0.2, 0.25) is 5.89 Å². The van der Waals surface area contributed by atoms with E-state index in [0.717, 1.165) is 11.5 Å². The van der Waals surface area contributed by atoms with Crippen molar-refractivity contribution in [1.82, 2.24) is 15.6 Å². The molecule has 2 atom stereocenters. The third-order valence-corrected chi connectivity index (χ3v) is 4.45. The molecule has 2 aromatic rings. The Balaban J connectivity index is 0.00000300. The van der Waals surface area contributed by atoms with E-state index in [1.165, 1.54) is 12.1 Å². The van der Waals surface area contributed by atoms with Crippen molar-refractivity contribution in [2.45, 2.75) is 52.1 Å². The number of aromatic nitrogens is 1. The number of halogens is 4. The minimum Gasteiger partial charge on any atom is -0.444 e. The summed E-state index contributed by atoms with van der Waals surface area (Å²) in [6.45, 7) is 6.57. The molecule has 1 fully saturated rings. The zero-order chi connectivity index (χ0) is 20.3. The van der Waals surface area contributed by atoms with Crippen LogP contribution in [0.25, 0.3) is 0 Å². The second kappa shape index (κ2) is 9.68. The second-order valence-corrected chi connectivity index (χ2v) is 6.62. The Hall–Kier alpha value is -1.98. The van der Waals surface area contributed by atoms with Gasteiger partial charge in [0.25, 0.3) is 0 Å². The number of hydrogen-bond acceptors (Lipinski definition) is 4. The average molecular weight is 524 g/mol. The Morgan fingerprint density at radius 1 is 1.31 bits per heavy atom. The van der Waals surface area contributed by atoms with Crippen molar-refractivity contribution in [3.8, 4) is 5.75 Å². The number of aliphatic imine (C=N–C) groups is 1. The first-order valence-electron chi connectivity index (χ1n) is 9.09. The van der Waals surface area contributed by atoms with Gasteiger partial charge in [-0.25, -0.2) is 9.98 Å².